The monoisotopic (exact) mass is 340 g/mol. The van der Waals surface area contributed by atoms with Crippen molar-refractivity contribution in [1.82, 2.24) is 34.3 Å². The number of nitrogens with zero attached hydrogens (tertiary/aromatic N) is 8. The molecule has 0 N–H and O–H groups in total. The third-order valence-corrected chi connectivity index (χ3v) is 4.92. The Kier molecular flexibility index (Phi) is 4.35. The Hall–Kier alpha value is -2.48. The van der Waals surface area contributed by atoms with E-state index in [9.17, 15) is 0 Å². The average Bonchev–Trinajstić information content (AvgIpc) is 3.29. The van der Waals surface area contributed by atoms with Crippen molar-refractivity contribution in [3.8, 4) is 0 Å². The third kappa shape index (κ3) is 3.34. The smallest absolute Gasteiger partial charge is 0.178 e. The van der Waals surface area contributed by atoms with E-state index in [0.29, 0.717) is 5.92 Å². The summed E-state index contributed by atoms with van der Waals surface area (Å²) in [6, 6.07) is 3.96. The van der Waals surface area contributed by atoms with E-state index in [1.165, 1.54) is 0 Å². The van der Waals surface area contributed by atoms with Gasteiger partial charge in [-0.25, -0.2) is 4.98 Å². The minimum absolute atomic E-state index is 0.421. The number of hydrogen-bond acceptors (Lipinski definition) is 6. The van der Waals surface area contributed by atoms with Crippen LogP contribution in [0.4, 0.5) is 5.82 Å². The molecular weight excluding hydrogens is 316 g/mol. The fourth-order valence-corrected chi connectivity index (χ4v) is 3.38. The summed E-state index contributed by atoms with van der Waals surface area (Å²) < 4.78 is 4.05. The zero-order valence-electron chi connectivity index (χ0n) is 14.8. The van der Waals surface area contributed by atoms with Crippen molar-refractivity contribution >= 4 is 11.5 Å². The molecule has 0 saturated carbocycles. The molecule has 8 heteroatoms. The van der Waals surface area contributed by atoms with E-state index in [0.717, 1.165) is 56.3 Å². The molecule has 0 spiro atoms. The summed E-state index contributed by atoms with van der Waals surface area (Å²) in [5, 5.41) is 13.4. The summed E-state index contributed by atoms with van der Waals surface area (Å²) in [4.78, 5) is 8.61. The lowest BCUT2D eigenvalue weighted by atomic mass is 9.96. The van der Waals surface area contributed by atoms with Gasteiger partial charge in [0.05, 0.1) is 6.33 Å². The Morgan fingerprint density at radius 2 is 1.96 bits per heavy atom. The molecule has 1 aliphatic heterocycles. The first-order chi connectivity index (χ1) is 12.2. The van der Waals surface area contributed by atoms with E-state index in [1.54, 1.807) is 0 Å². The number of anilines is 1. The molecule has 0 bridgehead atoms. The van der Waals surface area contributed by atoms with Crippen molar-refractivity contribution in [2.75, 3.05) is 38.6 Å². The molecule has 1 fully saturated rings. The lowest BCUT2D eigenvalue weighted by Gasteiger charge is -2.31. The summed E-state index contributed by atoms with van der Waals surface area (Å²) in [6.45, 7) is 4.22. The number of imidazole rings is 1. The van der Waals surface area contributed by atoms with Gasteiger partial charge in [-0.2, -0.15) is 4.52 Å². The number of fused-ring (bicyclic) bond motifs is 1. The summed E-state index contributed by atoms with van der Waals surface area (Å²) >= 11 is 0. The molecule has 0 aliphatic carbocycles. The Balaban J connectivity index is 1.42. The molecule has 132 valence electrons. The van der Waals surface area contributed by atoms with Gasteiger partial charge >= 0.3 is 0 Å². The van der Waals surface area contributed by atoms with E-state index >= 15 is 0 Å². The predicted octanol–water partition coefficient (Wildman–Crippen LogP) is 1.27. The van der Waals surface area contributed by atoms with Crippen LogP contribution >= 0.6 is 0 Å². The molecular formula is C17H24N8. The van der Waals surface area contributed by atoms with Crippen molar-refractivity contribution < 1.29 is 0 Å². The highest BCUT2D eigenvalue weighted by Gasteiger charge is 2.25. The molecule has 0 amide bonds. The van der Waals surface area contributed by atoms with Gasteiger partial charge in [-0.05, 0) is 38.1 Å². The molecule has 4 rings (SSSR count). The average molecular weight is 340 g/mol. The molecule has 3 aromatic rings. The van der Waals surface area contributed by atoms with Gasteiger partial charge in [0, 0.05) is 45.5 Å². The molecule has 1 saturated heterocycles. The molecule has 0 atom stereocenters. The SMILES string of the molecule is CN(C)c1ccc2nnc(C3CCN(CCn4ccnc4)CC3)n2n1. The Morgan fingerprint density at radius 3 is 2.68 bits per heavy atom. The van der Waals surface area contributed by atoms with E-state index in [1.807, 2.05) is 54.4 Å². The van der Waals surface area contributed by atoms with Gasteiger partial charge < -0.3 is 14.4 Å². The zero-order valence-corrected chi connectivity index (χ0v) is 14.8. The second-order valence-corrected chi connectivity index (χ2v) is 6.83. The van der Waals surface area contributed by atoms with Crippen LogP contribution in [0.25, 0.3) is 5.65 Å². The largest absolute Gasteiger partial charge is 0.361 e. The van der Waals surface area contributed by atoms with Crippen LogP contribution in [-0.2, 0) is 6.54 Å². The van der Waals surface area contributed by atoms with Crippen molar-refractivity contribution in [3.63, 3.8) is 0 Å². The van der Waals surface area contributed by atoms with Gasteiger partial charge in [-0.3, -0.25) is 0 Å². The van der Waals surface area contributed by atoms with Crippen LogP contribution in [0.1, 0.15) is 24.6 Å². The maximum absolute atomic E-state index is 4.69. The van der Waals surface area contributed by atoms with Gasteiger partial charge in [0.1, 0.15) is 5.82 Å². The van der Waals surface area contributed by atoms with Gasteiger partial charge in [0.25, 0.3) is 0 Å². The highest BCUT2D eigenvalue weighted by molar-refractivity contribution is 5.45. The Bertz CT molecular complexity index is 814. The molecule has 0 radical (unpaired) electrons. The molecule has 0 aromatic carbocycles. The summed E-state index contributed by atoms with van der Waals surface area (Å²) in [7, 11) is 3.99. The first-order valence-corrected chi connectivity index (χ1v) is 8.78. The van der Waals surface area contributed by atoms with Crippen LogP contribution in [0, 0.1) is 0 Å². The van der Waals surface area contributed by atoms with Gasteiger partial charge in [0.2, 0.25) is 0 Å². The van der Waals surface area contributed by atoms with Gasteiger partial charge in [-0.1, -0.05) is 0 Å². The van der Waals surface area contributed by atoms with Crippen LogP contribution in [0.3, 0.4) is 0 Å². The molecule has 25 heavy (non-hydrogen) atoms. The van der Waals surface area contributed by atoms with Crippen molar-refractivity contribution in [3.05, 3.63) is 36.7 Å². The zero-order chi connectivity index (χ0) is 17.2. The summed E-state index contributed by atoms with van der Waals surface area (Å²) in [5.74, 6) is 2.34. The number of rotatable bonds is 5. The lowest BCUT2D eigenvalue weighted by molar-refractivity contribution is 0.201. The molecule has 0 unspecified atom stereocenters. The standard InChI is InChI=1S/C17H24N8/c1-22(2)16-4-3-15-19-20-17(25(15)21-16)14-5-8-23(9-6-14)11-12-24-10-7-18-13-24/h3-4,7,10,13-14H,5-6,8-9,11-12H2,1-2H3. The first kappa shape index (κ1) is 16.0. The van der Waals surface area contributed by atoms with E-state index in [-0.39, 0.29) is 0 Å². The Labute approximate surface area is 147 Å². The second-order valence-electron chi connectivity index (χ2n) is 6.83. The molecule has 3 aromatic heterocycles. The lowest BCUT2D eigenvalue weighted by Crippen LogP contribution is -2.35. The van der Waals surface area contributed by atoms with E-state index in [4.69, 9.17) is 5.10 Å². The van der Waals surface area contributed by atoms with Crippen LogP contribution in [0.5, 0.6) is 0 Å². The highest BCUT2D eigenvalue weighted by Crippen LogP contribution is 2.27. The molecule has 4 heterocycles. The topological polar surface area (TPSA) is 67.4 Å². The van der Waals surface area contributed by atoms with Crippen LogP contribution in [0.15, 0.2) is 30.9 Å². The van der Waals surface area contributed by atoms with Gasteiger partial charge in [0.15, 0.2) is 11.5 Å². The first-order valence-electron chi connectivity index (χ1n) is 8.78. The molecule has 8 nitrogen and oxygen atoms in total. The van der Waals surface area contributed by atoms with Gasteiger partial charge in [-0.15, -0.1) is 15.3 Å². The predicted molar refractivity (Wildman–Crippen MR) is 95.8 cm³/mol. The maximum atomic E-state index is 4.69. The van der Waals surface area contributed by atoms with Crippen molar-refractivity contribution in [2.45, 2.75) is 25.3 Å². The number of hydrogen-bond donors (Lipinski definition) is 0. The number of likely N-dealkylation sites (tertiary alicyclic amines) is 1. The van der Waals surface area contributed by atoms with Crippen LogP contribution in [0.2, 0.25) is 0 Å². The summed E-state index contributed by atoms with van der Waals surface area (Å²) in [5.41, 5.74) is 0.822. The molecule has 1 aliphatic rings. The van der Waals surface area contributed by atoms with E-state index < -0.39 is 0 Å². The Morgan fingerprint density at radius 1 is 1.12 bits per heavy atom. The highest BCUT2D eigenvalue weighted by atomic mass is 15.4. The van der Waals surface area contributed by atoms with Crippen LogP contribution in [-0.4, -0.2) is 68.0 Å². The second kappa shape index (κ2) is 6.79. The minimum Gasteiger partial charge on any atom is -0.361 e. The minimum atomic E-state index is 0.421. The normalized spacial score (nSPS) is 16.6. The van der Waals surface area contributed by atoms with Crippen molar-refractivity contribution in [2.24, 2.45) is 0 Å². The fraction of sp³-hybridized carbons (Fsp3) is 0.529. The van der Waals surface area contributed by atoms with Crippen molar-refractivity contribution in [1.29, 1.82) is 0 Å². The number of aromatic nitrogens is 6. The number of piperidine rings is 1. The quantitative estimate of drug-likeness (QED) is 0.697. The van der Waals surface area contributed by atoms with Crippen LogP contribution < -0.4 is 4.90 Å². The summed E-state index contributed by atoms with van der Waals surface area (Å²) in [6.07, 6.45) is 7.92. The van der Waals surface area contributed by atoms with E-state index in [2.05, 4.69) is 24.6 Å². The third-order valence-electron chi connectivity index (χ3n) is 4.92. The maximum Gasteiger partial charge on any atom is 0.178 e. The fourth-order valence-electron chi connectivity index (χ4n) is 3.38.